The number of anilines is 1. The highest BCUT2D eigenvalue weighted by Crippen LogP contribution is 2.32. The fourth-order valence-corrected chi connectivity index (χ4v) is 4.07. The Morgan fingerprint density at radius 1 is 1.15 bits per heavy atom. The first-order valence-corrected chi connectivity index (χ1v) is 9.94. The molecule has 1 saturated heterocycles. The van der Waals surface area contributed by atoms with E-state index in [2.05, 4.69) is 20.2 Å². The molecule has 6 heteroatoms. The van der Waals surface area contributed by atoms with E-state index < -0.39 is 5.60 Å². The Balaban J connectivity index is 1.41. The van der Waals surface area contributed by atoms with E-state index in [0.29, 0.717) is 11.5 Å². The molecule has 1 amide bonds. The maximum Gasteiger partial charge on any atom is 0.253 e. The van der Waals surface area contributed by atoms with Crippen molar-refractivity contribution in [3.05, 3.63) is 30.1 Å². The largest absolute Gasteiger partial charge is 0.390 e. The van der Waals surface area contributed by atoms with Crippen molar-refractivity contribution in [2.75, 3.05) is 18.0 Å². The molecule has 2 aromatic heterocycles. The number of rotatable bonds is 4. The molecule has 4 rings (SSSR count). The number of nitrogens with one attached hydrogen (secondary N) is 1. The summed E-state index contributed by atoms with van der Waals surface area (Å²) in [6.45, 7) is 5.85. The molecule has 3 heterocycles. The van der Waals surface area contributed by atoms with Gasteiger partial charge in [-0.15, -0.1) is 0 Å². The van der Waals surface area contributed by atoms with Crippen molar-refractivity contribution in [2.24, 2.45) is 5.92 Å². The summed E-state index contributed by atoms with van der Waals surface area (Å²) in [5.74, 6) is 1.18. The van der Waals surface area contributed by atoms with Crippen LogP contribution in [0.15, 0.2) is 24.5 Å². The van der Waals surface area contributed by atoms with Crippen LogP contribution in [-0.2, 0) is 0 Å². The van der Waals surface area contributed by atoms with E-state index in [4.69, 9.17) is 0 Å². The molecule has 1 saturated carbocycles. The SMILES string of the molecule is CC(C)(O)[C@H]1CC[C@H](NC(=O)c2cnc3cc(N4CCC4)ncc3c2)CC1. The van der Waals surface area contributed by atoms with Crippen LogP contribution >= 0.6 is 0 Å². The van der Waals surface area contributed by atoms with Crippen LogP contribution in [0.4, 0.5) is 5.82 Å². The molecule has 144 valence electrons. The average Bonchev–Trinajstić information content (AvgIpc) is 2.59. The lowest BCUT2D eigenvalue weighted by Crippen LogP contribution is -2.41. The predicted octanol–water partition coefficient (Wildman–Crippen LogP) is 2.90. The number of pyridine rings is 2. The highest BCUT2D eigenvalue weighted by molar-refractivity contribution is 5.97. The smallest absolute Gasteiger partial charge is 0.253 e. The van der Waals surface area contributed by atoms with Gasteiger partial charge in [-0.2, -0.15) is 0 Å². The van der Waals surface area contributed by atoms with Crippen LogP contribution in [0.2, 0.25) is 0 Å². The predicted molar refractivity (Wildman–Crippen MR) is 106 cm³/mol. The van der Waals surface area contributed by atoms with E-state index >= 15 is 0 Å². The van der Waals surface area contributed by atoms with Gasteiger partial charge in [0, 0.05) is 43.0 Å². The van der Waals surface area contributed by atoms with Gasteiger partial charge in [0.25, 0.3) is 5.91 Å². The van der Waals surface area contributed by atoms with Crippen LogP contribution < -0.4 is 10.2 Å². The molecule has 2 N–H and O–H groups in total. The van der Waals surface area contributed by atoms with Crippen molar-refractivity contribution >= 4 is 22.6 Å². The van der Waals surface area contributed by atoms with E-state index in [1.54, 1.807) is 12.4 Å². The van der Waals surface area contributed by atoms with Crippen LogP contribution in [0.3, 0.4) is 0 Å². The Bertz CT molecular complexity index is 834. The number of aliphatic hydroxyl groups is 1. The van der Waals surface area contributed by atoms with Gasteiger partial charge in [0.2, 0.25) is 0 Å². The van der Waals surface area contributed by atoms with Gasteiger partial charge in [-0.25, -0.2) is 4.98 Å². The van der Waals surface area contributed by atoms with Gasteiger partial charge >= 0.3 is 0 Å². The molecule has 0 atom stereocenters. The van der Waals surface area contributed by atoms with Crippen LogP contribution in [0.1, 0.15) is 56.3 Å². The molecule has 0 bridgehead atoms. The highest BCUT2D eigenvalue weighted by atomic mass is 16.3. The molecular weight excluding hydrogens is 340 g/mol. The third-order valence-electron chi connectivity index (χ3n) is 6.05. The molecule has 2 aliphatic rings. The summed E-state index contributed by atoms with van der Waals surface area (Å²) in [5.41, 5.74) is 0.804. The third-order valence-corrected chi connectivity index (χ3v) is 6.05. The quantitative estimate of drug-likeness (QED) is 0.868. The Kier molecular flexibility index (Phi) is 4.76. The normalized spacial score (nSPS) is 23.1. The summed E-state index contributed by atoms with van der Waals surface area (Å²) in [5, 5.41) is 14.2. The molecule has 27 heavy (non-hydrogen) atoms. The second-order valence-corrected chi connectivity index (χ2v) is 8.48. The second kappa shape index (κ2) is 7.08. The Hall–Kier alpha value is -2.21. The average molecular weight is 368 g/mol. The summed E-state index contributed by atoms with van der Waals surface area (Å²) in [6, 6.07) is 4.03. The molecule has 0 aromatic carbocycles. The lowest BCUT2D eigenvalue weighted by molar-refractivity contribution is -0.00257. The number of hydrogen-bond donors (Lipinski definition) is 2. The van der Waals surface area contributed by atoms with Gasteiger partial charge in [-0.3, -0.25) is 9.78 Å². The third kappa shape index (κ3) is 3.90. The van der Waals surface area contributed by atoms with Gasteiger partial charge < -0.3 is 15.3 Å². The zero-order valence-electron chi connectivity index (χ0n) is 16.1. The lowest BCUT2D eigenvalue weighted by atomic mass is 9.77. The number of nitrogens with zero attached hydrogens (tertiary/aromatic N) is 3. The van der Waals surface area contributed by atoms with Gasteiger partial charge in [-0.05, 0) is 57.9 Å². The minimum atomic E-state index is -0.640. The fourth-order valence-electron chi connectivity index (χ4n) is 4.07. The molecule has 2 fully saturated rings. The van der Waals surface area contributed by atoms with E-state index in [-0.39, 0.29) is 11.9 Å². The first-order chi connectivity index (χ1) is 12.9. The van der Waals surface area contributed by atoms with Crippen LogP contribution in [0, 0.1) is 5.92 Å². The molecule has 0 radical (unpaired) electrons. The molecule has 1 aliphatic heterocycles. The zero-order chi connectivity index (χ0) is 19.0. The molecule has 6 nitrogen and oxygen atoms in total. The van der Waals surface area contributed by atoms with E-state index in [9.17, 15) is 9.90 Å². The summed E-state index contributed by atoms with van der Waals surface area (Å²) in [6.07, 6.45) is 8.36. The van der Waals surface area contributed by atoms with Gasteiger partial charge in [0.15, 0.2) is 0 Å². The van der Waals surface area contributed by atoms with Crippen LogP contribution in [0.25, 0.3) is 10.9 Å². The number of amides is 1. The monoisotopic (exact) mass is 368 g/mol. The number of aromatic nitrogens is 2. The first kappa shape index (κ1) is 18.2. The lowest BCUT2D eigenvalue weighted by Gasteiger charge is -2.36. The fraction of sp³-hybridized carbons (Fsp3) is 0.571. The van der Waals surface area contributed by atoms with E-state index in [0.717, 1.165) is 55.5 Å². The maximum atomic E-state index is 12.6. The minimum absolute atomic E-state index is 0.0806. The number of carbonyl (C=O) groups excluding carboxylic acids is 1. The molecule has 0 unspecified atom stereocenters. The minimum Gasteiger partial charge on any atom is -0.390 e. The van der Waals surface area contributed by atoms with Crippen LogP contribution in [-0.4, -0.2) is 45.7 Å². The Morgan fingerprint density at radius 2 is 1.89 bits per heavy atom. The van der Waals surface area contributed by atoms with Crippen molar-refractivity contribution in [2.45, 2.75) is 57.6 Å². The Morgan fingerprint density at radius 3 is 2.52 bits per heavy atom. The van der Waals surface area contributed by atoms with Crippen LogP contribution in [0.5, 0.6) is 0 Å². The standard InChI is InChI=1S/C21H28N4O2/c1-21(2,27)16-4-6-17(7-5-16)24-20(26)15-10-14-12-23-19(25-8-3-9-25)11-18(14)22-13-15/h10-13,16-17,27H,3-9H2,1-2H3,(H,24,26)/t16-,17-. The van der Waals surface area contributed by atoms with Crippen molar-refractivity contribution < 1.29 is 9.90 Å². The zero-order valence-corrected chi connectivity index (χ0v) is 16.1. The summed E-state index contributed by atoms with van der Waals surface area (Å²) < 4.78 is 0. The van der Waals surface area contributed by atoms with E-state index in [1.807, 2.05) is 26.0 Å². The van der Waals surface area contributed by atoms with E-state index in [1.165, 1.54) is 6.42 Å². The first-order valence-electron chi connectivity index (χ1n) is 9.94. The van der Waals surface area contributed by atoms with Crippen molar-refractivity contribution in [1.29, 1.82) is 0 Å². The number of fused-ring (bicyclic) bond motifs is 1. The maximum absolute atomic E-state index is 12.6. The topological polar surface area (TPSA) is 78.3 Å². The Labute approximate surface area is 160 Å². The number of hydrogen-bond acceptors (Lipinski definition) is 5. The molecular formula is C21H28N4O2. The van der Waals surface area contributed by atoms with Gasteiger partial charge in [0.05, 0.1) is 16.7 Å². The van der Waals surface area contributed by atoms with Crippen molar-refractivity contribution in [3.63, 3.8) is 0 Å². The summed E-state index contributed by atoms with van der Waals surface area (Å²) in [7, 11) is 0. The van der Waals surface area contributed by atoms with Crippen molar-refractivity contribution in [1.82, 2.24) is 15.3 Å². The molecule has 1 aliphatic carbocycles. The van der Waals surface area contributed by atoms with Gasteiger partial charge in [0.1, 0.15) is 5.82 Å². The summed E-state index contributed by atoms with van der Waals surface area (Å²) in [4.78, 5) is 23.9. The van der Waals surface area contributed by atoms with Gasteiger partial charge in [-0.1, -0.05) is 0 Å². The summed E-state index contributed by atoms with van der Waals surface area (Å²) >= 11 is 0. The second-order valence-electron chi connectivity index (χ2n) is 8.48. The van der Waals surface area contributed by atoms with Crippen molar-refractivity contribution in [3.8, 4) is 0 Å². The number of carbonyl (C=O) groups is 1. The molecule has 2 aromatic rings. The molecule has 0 spiro atoms. The highest BCUT2D eigenvalue weighted by Gasteiger charge is 2.31.